The number of carbonyl (C=O) groups is 1. The monoisotopic (exact) mass is 336 g/mol. The second-order valence-electron chi connectivity index (χ2n) is 7.67. The molecule has 2 aliphatic rings. The van der Waals surface area contributed by atoms with Gasteiger partial charge in [0.15, 0.2) is 0 Å². The number of aromatic nitrogens is 3. The lowest BCUT2D eigenvalue weighted by Crippen LogP contribution is -2.48. The maximum Gasteiger partial charge on any atom is 0.249 e. The number of amides is 1. The predicted octanol–water partition coefficient (Wildman–Crippen LogP) is 1.53. The number of rotatable bonds is 4. The van der Waals surface area contributed by atoms with Gasteiger partial charge in [-0.15, -0.1) is 5.10 Å². The van der Waals surface area contributed by atoms with E-state index in [-0.39, 0.29) is 30.0 Å². The quantitative estimate of drug-likeness (QED) is 0.870. The standard InChI is InChI=1S/C17H28N4O3/c1-11-8-9-24-15(11)16(22)18-12-6-4-5-7-13(12)21-10-14(19-20-21)17(2,3)23/h10-13,15,23H,4-9H2,1-3H3,(H,18,22)/t11?,12-,13+,15?/m0/s1. The molecule has 134 valence electrons. The van der Waals surface area contributed by atoms with Crippen molar-refractivity contribution in [2.24, 2.45) is 5.92 Å². The highest BCUT2D eigenvalue weighted by molar-refractivity contribution is 5.81. The molecule has 1 aromatic heterocycles. The van der Waals surface area contributed by atoms with Gasteiger partial charge in [0.05, 0.1) is 18.3 Å². The highest BCUT2D eigenvalue weighted by Gasteiger charge is 2.35. The van der Waals surface area contributed by atoms with Crippen LogP contribution in [0, 0.1) is 5.92 Å². The van der Waals surface area contributed by atoms with E-state index < -0.39 is 5.60 Å². The highest BCUT2D eigenvalue weighted by atomic mass is 16.5. The number of nitrogens with zero attached hydrogens (tertiary/aromatic N) is 3. The molecule has 0 aromatic carbocycles. The van der Waals surface area contributed by atoms with Crippen molar-refractivity contribution in [3.8, 4) is 0 Å². The molecule has 1 aliphatic carbocycles. The molecular formula is C17H28N4O3. The third kappa shape index (κ3) is 3.62. The van der Waals surface area contributed by atoms with Crippen LogP contribution in [0.3, 0.4) is 0 Å². The summed E-state index contributed by atoms with van der Waals surface area (Å²) in [6.45, 7) is 6.11. The SMILES string of the molecule is CC1CCOC1C(=O)N[C@H]1CCCC[C@H]1n1cc(C(C)(C)O)nn1. The molecule has 0 spiro atoms. The molecule has 1 aromatic rings. The van der Waals surface area contributed by atoms with E-state index in [0.29, 0.717) is 12.3 Å². The van der Waals surface area contributed by atoms with E-state index in [1.807, 2.05) is 0 Å². The topological polar surface area (TPSA) is 89.3 Å². The Morgan fingerprint density at radius 2 is 2.12 bits per heavy atom. The molecule has 3 rings (SSSR count). The van der Waals surface area contributed by atoms with E-state index in [4.69, 9.17) is 4.74 Å². The summed E-state index contributed by atoms with van der Waals surface area (Å²) in [5.41, 5.74) is -0.468. The highest BCUT2D eigenvalue weighted by Crippen LogP contribution is 2.30. The summed E-state index contributed by atoms with van der Waals surface area (Å²) in [6, 6.07) is 0.0991. The molecule has 7 heteroatoms. The van der Waals surface area contributed by atoms with Gasteiger partial charge in [0.1, 0.15) is 17.4 Å². The zero-order valence-corrected chi connectivity index (χ0v) is 14.7. The maximum atomic E-state index is 12.5. The van der Waals surface area contributed by atoms with Gasteiger partial charge in [-0.05, 0) is 39.0 Å². The molecule has 7 nitrogen and oxygen atoms in total. The summed E-state index contributed by atoms with van der Waals surface area (Å²) in [6.07, 6.45) is 6.46. The largest absolute Gasteiger partial charge is 0.384 e. The molecule has 0 radical (unpaired) electrons. The lowest BCUT2D eigenvalue weighted by atomic mass is 9.89. The minimum absolute atomic E-state index is 0.0141. The lowest BCUT2D eigenvalue weighted by Gasteiger charge is -2.33. The predicted molar refractivity (Wildman–Crippen MR) is 88.2 cm³/mol. The van der Waals surface area contributed by atoms with Crippen LogP contribution in [0.25, 0.3) is 0 Å². The zero-order valence-electron chi connectivity index (χ0n) is 14.7. The fourth-order valence-electron chi connectivity index (χ4n) is 3.61. The Balaban J connectivity index is 1.71. The van der Waals surface area contributed by atoms with Crippen LogP contribution in [0.5, 0.6) is 0 Å². The second kappa shape index (κ2) is 6.80. The van der Waals surface area contributed by atoms with E-state index in [0.717, 1.165) is 32.1 Å². The van der Waals surface area contributed by atoms with Crippen LogP contribution in [0.15, 0.2) is 6.20 Å². The zero-order chi connectivity index (χ0) is 17.3. The van der Waals surface area contributed by atoms with Crippen LogP contribution in [-0.2, 0) is 15.1 Å². The summed E-state index contributed by atoms with van der Waals surface area (Å²) in [5.74, 6) is 0.250. The number of carbonyl (C=O) groups excluding carboxylic acids is 1. The summed E-state index contributed by atoms with van der Waals surface area (Å²) < 4.78 is 7.38. The molecule has 2 fully saturated rings. The summed E-state index contributed by atoms with van der Waals surface area (Å²) >= 11 is 0. The van der Waals surface area contributed by atoms with Gasteiger partial charge in [-0.1, -0.05) is 25.0 Å². The Kier molecular flexibility index (Phi) is 4.92. The van der Waals surface area contributed by atoms with Crippen molar-refractivity contribution in [3.05, 3.63) is 11.9 Å². The van der Waals surface area contributed by atoms with Crippen LogP contribution in [0.1, 0.15) is 64.6 Å². The minimum Gasteiger partial charge on any atom is -0.384 e. The molecular weight excluding hydrogens is 308 g/mol. The van der Waals surface area contributed by atoms with Crippen LogP contribution < -0.4 is 5.32 Å². The van der Waals surface area contributed by atoms with Gasteiger partial charge in [-0.2, -0.15) is 0 Å². The van der Waals surface area contributed by atoms with E-state index >= 15 is 0 Å². The fraction of sp³-hybridized carbons (Fsp3) is 0.824. The average molecular weight is 336 g/mol. The number of hydrogen-bond acceptors (Lipinski definition) is 5. The van der Waals surface area contributed by atoms with E-state index in [9.17, 15) is 9.90 Å². The van der Waals surface area contributed by atoms with Gasteiger partial charge >= 0.3 is 0 Å². The summed E-state index contributed by atoms with van der Waals surface area (Å²) in [5, 5.41) is 21.5. The number of hydrogen-bond donors (Lipinski definition) is 2. The normalized spacial score (nSPS) is 31.2. The summed E-state index contributed by atoms with van der Waals surface area (Å²) in [7, 11) is 0. The molecule has 0 bridgehead atoms. The van der Waals surface area contributed by atoms with Gasteiger partial charge in [-0.25, -0.2) is 4.68 Å². The van der Waals surface area contributed by atoms with Crippen molar-refractivity contribution < 1.29 is 14.6 Å². The minimum atomic E-state index is -1.02. The Bertz CT molecular complexity index is 581. The Hall–Kier alpha value is -1.47. The third-order valence-corrected chi connectivity index (χ3v) is 5.18. The molecule has 2 unspecified atom stereocenters. The molecule has 4 atom stereocenters. The first-order valence-electron chi connectivity index (χ1n) is 8.93. The Morgan fingerprint density at radius 3 is 2.75 bits per heavy atom. The molecule has 2 N–H and O–H groups in total. The third-order valence-electron chi connectivity index (χ3n) is 5.18. The first-order chi connectivity index (χ1) is 11.4. The molecule has 1 amide bonds. The van der Waals surface area contributed by atoms with E-state index in [1.54, 1.807) is 24.7 Å². The van der Waals surface area contributed by atoms with Crippen LogP contribution in [0.4, 0.5) is 0 Å². The van der Waals surface area contributed by atoms with Crippen molar-refractivity contribution >= 4 is 5.91 Å². The second-order valence-corrected chi connectivity index (χ2v) is 7.67. The van der Waals surface area contributed by atoms with Gasteiger partial charge in [0.2, 0.25) is 5.91 Å². The number of ether oxygens (including phenoxy) is 1. The van der Waals surface area contributed by atoms with E-state index in [2.05, 4.69) is 22.6 Å². The molecule has 2 heterocycles. The lowest BCUT2D eigenvalue weighted by molar-refractivity contribution is -0.132. The number of aliphatic hydroxyl groups is 1. The summed E-state index contributed by atoms with van der Waals surface area (Å²) in [4.78, 5) is 12.5. The Labute approximate surface area is 142 Å². The molecule has 24 heavy (non-hydrogen) atoms. The van der Waals surface area contributed by atoms with Crippen molar-refractivity contribution in [1.82, 2.24) is 20.3 Å². The van der Waals surface area contributed by atoms with Crippen LogP contribution in [-0.4, -0.2) is 44.8 Å². The fourth-order valence-corrected chi connectivity index (χ4v) is 3.61. The molecule has 1 saturated carbocycles. The van der Waals surface area contributed by atoms with Gasteiger partial charge in [0.25, 0.3) is 0 Å². The van der Waals surface area contributed by atoms with E-state index in [1.165, 1.54) is 0 Å². The van der Waals surface area contributed by atoms with Crippen molar-refractivity contribution in [2.75, 3.05) is 6.61 Å². The molecule has 1 saturated heterocycles. The smallest absolute Gasteiger partial charge is 0.249 e. The van der Waals surface area contributed by atoms with Crippen molar-refractivity contribution in [1.29, 1.82) is 0 Å². The van der Waals surface area contributed by atoms with Gasteiger partial charge in [-0.3, -0.25) is 4.79 Å². The average Bonchev–Trinajstić information content (AvgIpc) is 3.16. The van der Waals surface area contributed by atoms with Crippen LogP contribution in [0.2, 0.25) is 0 Å². The van der Waals surface area contributed by atoms with Crippen molar-refractivity contribution in [2.45, 2.75) is 76.7 Å². The maximum absolute atomic E-state index is 12.5. The van der Waals surface area contributed by atoms with Crippen LogP contribution >= 0.6 is 0 Å². The first-order valence-corrected chi connectivity index (χ1v) is 8.93. The number of nitrogens with one attached hydrogen (secondary N) is 1. The van der Waals surface area contributed by atoms with Gasteiger partial charge < -0.3 is 15.2 Å². The first kappa shape index (κ1) is 17.4. The van der Waals surface area contributed by atoms with Gasteiger partial charge in [0, 0.05) is 6.61 Å². The Morgan fingerprint density at radius 1 is 1.38 bits per heavy atom. The molecule has 1 aliphatic heterocycles. The van der Waals surface area contributed by atoms with Crippen molar-refractivity contribution in [3.63, 3.8) is 0 Å².